The Labute approximate surface area is 100 Å². The van der Waals surface area contributed by atoms with E-state index in [2.05, 4.69) is 0 Å². The summed E-state index contributed by atoms with van der Waals surface area (Å²) in [5.74, 6) is 1.72. The molecule has 0 aliphatic heterocycles. The van der Waals surface area contributed by atoms with Crippen LogP contribution in [0.15, 0.2) is 28.7 Å². The first kappa shape index (κ1) is 11.7. The lowest BCUT2D eigenvalue weighted by atomic mass is 10.1. The van der Waals surface area contributed by atoms with Gasteiger partial charge in [-0.1, -0.05) is 12.1 Å². The van der Waals surface area contributed by atoms with Crippen molar-refractivity contribution >= 4 is 17.3 Å². The van der Waals surface area contributed by atoms with E-state index in [-0.39, 0.29) is 0 Å². The molecule has 0 saturated carbocycles. The number of rotatable bonds is 6. The molecule has 2 rings (SSSR count). The first-order valence-electron chi connectivity index (χ1n) is 5.84. The molecule has 0 spiro atoms. The van der Waals surface area contributed by atoms with E-state index in [1.807, 2.05) is 24.3 Å². The molecule has 0 aliphatic rings. The van der Waals surface area contributed by atoms with Gasteiger partial charge in [0, 0.05) is 18.2 Å². The van der Waals surface area contributed by atoms with Crippen LogP contribution in [0.4, 0.5) is 0 Å². The SMILES string of the molecule is COc1cccc2cc(CCCCC=O)oc12. The summed E-state index contributed by atoms with van der Waals surface area (Å²) in [6, 6.07) is 7.89. The third-order valence-corrected chi connectivity index (χ3v) is 2.77. The van der Waals surface area contributed by atoms with Crippen LogP contribution in [0.3, 0.4) is 0 Å². The summed E-state index contributed by atoms with van der Waals surface area (Å²) in [6.45, 7) is 0. The lowest BCUT2D eigenvalue weighted by molar-refractivity contribution is -0.107. The number of carbonyl (C=O) groups is 1. The lowest BCUT2D eigenvalue weighted by Gasteiger charge is -1.98. The zero-order chi connectivity index (χ0) is 12.1. The Bertz CT molecular complexity index is 499. The van der Waals surface area contributed by atoms with Crippen LogP contribution < -0.4 is 4.74 Å². The Balaban J connectivity index is 2.11. The highest BCUT2D eigenvalue weighted by Crippen LogP contribution is 2.28. The molecule has 0 unspecified atom stereocenters. The van der Waals surface area contributed by atoms with Crippen LogP contribution >= 0.6 is 0 Å². The van der Waals surface area contributed by atoms with E-state index >= 15 is 0 Å². The standard InChI is InChI=1S/C14H16O3/c1-16-13-8-5-6-11-10-12(17-14(11)13)7-3-2-4-9-15/h5-6,8-10H,2-4,7H2,1H3. The van der Waals surface area contributed by atoms with Crippen molar-refractivity contribution in [3.8, 4) is 5.75 Å². The van der Waals surface area contributed by atoms with E-state index in [0.717, 1.165) is 48.0 Å². The van der Waals surface area contributed by atoms with E-state index in [1.165, 1.54) is 0 Å². The summed E-state index contributed by atoms with van der Waals surface area (Å²) in [5.41, 5.74) is 0.806. The topological polar surface area (TPSA) is 39.4 Å². The van der Waals surface area contributed by atoms with Gasteiger partial charge in [-0.15, -0.1) is 0 Å². The number of hydrogen-bond donors (Lipinski definition) is 0. The van der Waals surface area contributed by atoms with Crippen molar-refractivity contribution in [1.29, 1.82) is 0 Å². The van der Waals surface area contributed by atoms with Gasteiger partial charge in [-0.05, 0) is 25.0 Å². The summed E-state index contributed by atoms with van der Waals surface area (Å²) in [4.78, 5) is 10.2. The molecular formula is C14H16O3. The van der Waals surface area contributed by atoms with Gasteiger partial charge in [0.1, 0.15) is 12.0 Å². The second kappa shape index (κ2) is 5.53. The number of methoxy groups -OCH3 is 1. The lowest BCUT2D eigenvalue weighted by Crippen LogP contribution is -1.83. The number of carbonyl (C=O) groups excluding carboxylic acids is 1. The number of fused-ring (bicyclic) bond motifs is 1. The van der Waals surface area contributed by atoms with Crippen molar-refractivity contribution in [1.82, 2.24) is 0 Å². The highest BCUT2D eigenvalue weighted by atomic mass is 16.5. The molecule has 0 fully saturated rings. The van der Waals surface area contributed by atoms with Crippen molar-refractivity contribution in [2.45, 2.75) is 25.7 Å². The Morgan fingerprint density at radius 2 is 2.24 bits per heavy atom. The highest BCUT2D eigenvalue weighted by Gasteiger charge is 2.07. The van der Waals surface area contributed by atoms with Crippen LogP contribution in [0.1, 0.15) is 25.0 Å². The third-order valence-electron chi connectivity index (χ3n) is 2.77. The second-order valence-electron chi connectivity index (χ2n) is 4.00. The van der Waals surface area contributed by atoms with E-state index in [4.69, 9.17) is 9.15 Å². The van der Waals surface area contributed by atoms with Gasteiger partial charge in [-0.25, -0.2) is 0 Å². The summed E-state index contributed by atoms with van der Waals surface area (Å²) >= 11 is 0. The molecule has 0 aliphatic carbocycles. The Kier molecular flexibility index (Phi) is 3.81. The smallest absolute Gasteiger partial charge is 0.176 e. The molecule has 17 heavy (non-hydrogen) atoms. The summed E-state index contributed by atoms with van der Waals surface area (Å²) in [6.07, 6.45) is 4.34. The van der Waals surface area contributed by atoms with E-state index < -0.39 is 0 Å². The van der Waals surface area contributed by atoms with E-state index in [1.54, 1.807) is 7.11 Å². The average Bonchev–Trinajstić information content (AvgIpc) is 2.77. The van der Waals surface area contributed by atoms with Gasteiger partial charge >= 0.3 is 0 Å². The highest BCUT2D eigenvalue weighted by molar-refractivity contribution is 5.83. The van der Waals surface area contributed by atoms with Gasteiger partial charge in [-0.2, -0.15) is 0 Å². The van der Waals surface area contributed by atoms with Crippen molar-refractivity contribution in [2.24, 2.45) is 0 Å². The molecule has 0 amide bonds. The molecule has 3 heteroatoms. The first-order chi connectivity index (χ1) is 8.35. The Morgan fingerprint density at radius 3 is 3.00 bits per heavy atom. The summed E-state index contributed by atoms with van der Waals surface area (Å²) < 4.78 is 11.0. The van der Waals surface area contributed by atoms with Crippen molar-refractivity contribution in [3.63, 3.8) is 0 Å². The second-order valence-corrected chi connectivity index (χ2v) is 4.00. The van der Waals surface area contributed by atoms with Crippen molar-refractivity contribution in [2.75, 3.05) is 7.11 Å². The number of aldehydes is 1. The quantitative estimate of drug-likeness (QED) is 0.566. The molecule has 0 N–H and O–H groups in total. The van der Waals surface area contributed by atoms with Crippen LogP contribution in [0.5, 0.6) is 5.75 Å². The average molecular weight is 232 g/mol. The molecule has 0 atom stereocenters. The van der Waals surface area contributed by atoms with Crippen LogP contribution in [0.25, 0.3) is 11.0 Å². The Morgan fingerprint density at radius 1 is 1.35 bits per heavy atom. The molecular weight excluding hydrogens is 216 g/mol. The minimum absolute atomic E-state index is 0.629. The van der Waals surface area contributed by atoms with Crippen molar-refractivity contribution < 1.29 is 13.9 Å². The fourth-order valence-corrected chi connectivity index (χ4v) is 1.90. The van der Waals surface area contributed by atoms with Gasteiger partial charge in [-0.3, -0.25) is 0 Å². The van der Waals surface area contributed by atoms with Gasteiger partial charge in [0.2, 0.25) is 0 Å². The maximum Gasteiger partial charge on any atom is 0.176 e. The number of aryl methyl sites for hydroxylation is 1. The number of furan rings is 1. The third kappa shape index (κ3) is 2.67. The van der Waals surface area contributed by atoms with Gasteiger partial charge < -0.3 is 13.9 Å². The predicted octanol–water partition coefficient (Wildman–Crippen LogP) is 3.35. The maximum absolute atomic E-state index is 10.2. The number of unbranched alkanes of at least 4 members (excludes halogenated alkanes) is 2. The fraction of sp³-hybridized carbons (Fsp3) is 0.357. The molecule has 3 nitrogen and oxygen atoms in total. The van der Waals surface area contributed by atoms with Gasteiger partial charge in [0.15, 0.2) is 11.3 Å². The van der Waals surface area contributed by atoms with Crippen LogP contribution in [0, 0.1) is 0 Å². The maximum atomic E-state index is 10.2. The minimum Gasteiger partial charge on any atom is -0.493 e. The van der Waals surface area contributed by atoms with Gasteiger partial charge in [0.25, 0.3) is 0 Å². The monoisotopic (exact) mass is 232 g/mol. The molecule has 1 aromatic carbocycles. The zero-order valence-corrected chi connectivity index (χ0v) is 9.94. The molecule has 0 saturated heterocycles. The fourth-order valence-electron chi connectivity index (χ4n) is 1.90. The number of ether oxygens (including phenoxy) is 1. The number of benzene rings is 1. The first-order valence-corrected chi connectivity index (χ1v) is 5.84. The zero-order valence-electron chi connectivity index (χ0n) is 9.94. The van der Waals surface area contributed by atoms with Crippen LogP contribution in [-0.4, -0.2) is 13.4 Å². The Hall–Kier alpha value is -1.77. The summed E-state index contributed by atoms with van der Waals surface area (Å²) in [7, 11) is 1.64. The van der Waals surface area contributed by atoms with Crippen LogP contribution in [0.2, 0.25) is 0 Å². The van der Waals surface area contributed by atoms with Crippen LogP contribution in [-0.2, 0) is 11.2 Å². The molecule has 2 aromatic rings. The van der Waals surface area contributed by atoms with E-state index in [0.29, 0.717) is 6.42 Å². The minimum atomic E-state index is 0.629. The number of hydrogen-bond acceptors (Lipinski definition) is 3. The summed E-state index contributed by atoms with van der Waals surface area (Å²) in [5, 5.41) is 1.06. The number of para-hydroxylation sites is 1. The normalized spacial score (nSPS) is 10.6. The molecule has 0 radical (unpaired) electrons. The van der Waals surface area contributed by atoms with E-state index in [9.17, 15) is 4.79 Å². The molecule has 0 bridgehead atoms. The van der Waals surface area contributed by atoms with Gasteiger partial charge in [0.05, 0.1) is 7.11 Å². The molecule has 1 heterocycles. The predicted molar refractivity (Wildman–Crippen MR) is 66.4 cm³/mol. The molecule has 90 valence electrons. The molecule has 1 aromatic heterocycles. The van der Waals surface area contributed by atoms with Crippen molar-refractivity contribution in [3.05, 3.63) is 30.0 Å². The largest absolute Gasteiger partial charge is 0.493 e.